The van der Waals surface area contributed by atoms with Crippen LogP contribution in [0.25, 0.3) is 0 Å². The lowest BCUT2D eigenvalue weighted by Crippen LogP contribution is -2.47. The second-order valence-electron chi connectivity index (χ2n) is 5.03. The Morgan fingerprint density at radius 2 is 2.29 bits per heavy atom. The lowest BCUT2D eigenvalue weighted by Gasteiger charge is -2.36. The van der Waals surface area contributed by atoms with Gasteiger partial charge in [0, 0.05) is 22.4 Å². The van der Waals surface area contributed by atoms with Crippen LogP contribution in [-0.2, 0) is 5.54 Å². The number of hydrogen-bond donors (Lipinski definition) is 2. The Morgan fingerprint density at radius 3 is 2.86 bits per heavy atom. The summed E-state index contributed by atoms with van der Waals surface area (Å²) < 4.78 is 14.7. The molecule has 3 rings (SSSR count). The summed E-state index contributed by atoms with van der Waals surface area (Å²) in [4.78, 5) is 1.74. The Hall–Kier alpha value is -1.37. The quantitative estimate of drug-likeness (QED) is 0.845. The molecule has 2 heterocycles. The van der Waals surface area contributed by atoms with Crippen molar-refractivity contribution in [3.8, 4) is 0 Å². The monoisotopic (exact) mass is 370 g/mol. The van der Waals surface area contributed by atoms with E-state index < -0.39 is 0 Å². The molecule has 2 aromatic rings. The second kappa shape index (κ2) is 5.44. The van der Waals surface area contributed by atoms with E-state index in [1.165, 1.54) is 6.07 Å². The van der Waals surface area contributed by atoms with E-state index >= 15 is 0 Å². The third-order valence-corrected chi connectivity index (χ3v) is 4.32. The van der Waals surface area contributed by atoms with Crippen molar-refractivity contribution in [2.75, 3.05) is 11.6 Å². The molecule has 1 aromatic heterocycles. The number of H-pyrrole nitrogens is 1. The minimum Gasteiger partial charge on any atom is -0.331 e. The van der Waals surface area contributed by atoms with Gasteiger partial charge in [0.25, 0.3) is 0 Å². The van der Waals surface area contributed by atoms with Gasteiger partial charge in [-0.3, -0.25) is 10.4 Å². The first-order valence-electron chi connectivity index (χ1n) is 6.34. The van der Waals surface area contributed by atoms with Crippen molar-refractivity contribution in [2.24, 2.45) is 0 Å². The predicted octanol–water partition coefficient (Wildman–Crippen LogP) is 3.76. The van der Waals surface area contributed by atoms with Gasteiger partial charge < -0.3 is 4.90 Å². The molecule has 0 saturated carbocycles. The molecule has 1 atom stereocenters. The van der Waals surface area contributed by atoms with Gasteiger partial charge in [-0.2, -0.15) is 5.10 Å². The molecule has 21 heavy (non-hydrogen) atoms. The fourth-order valence-corrected chi connectivity index (χ4v) is 3.17. The summed E-state index contributed by atoms with van der Waals surface area (Å²) in [6.07, 6.45) is 7.39. The lowest BCUT2D eigenvalue weighted by atomic mass is 9.94. The molecule has 0 fully saturated rings. The Labute approximate surface area is 135 Å². The molecule has 7 heteroatoms. The number of rotatable bonds is 2. The van der Waals surface area contributed by atoms with Crippen molar-refractivity contribution in [1.82, 2.24) is 15.5 Å². The summed E-state index contributed by atoms with van der Waals surface area (Å²) >= 11 is 9.38. The molecule has 0 saturated heterocycles. The van der Waals surface area contributed by atoms with Gasteiger partial charge in [0.2, 0.25) is 0 Å². The smallest absolute Gasteiger partial charge is 0.149 e. The van der Waals surface area contributed by atoms with E-state index in [1.807, 2.05) is 25.4 Å². The van der Waals surface area contributed by atoms with E-state index in [4.69, 9.17) is 11.6 Å². The summed E-state index contributed by atoms with van der Waals surface area (Å²) in [5.41, 5.74) is 1.03. The number of nitrogens with zero attached hydrogens (tertiary/aromatic N) is 2. The Balaban J connectivity index is 1.92. The van der Waals surface area contributed by atoms with E-state index in [-0.39, 0.29) is 11.4 Å². The molecular weight excluding hydrogens is 359 g/mol. The first-order chi connectivity index (χ1) is 9.99. The maximum atomic E-state index is 14.1. The maximum absolute atomic E-state index is 14.1. The molecule has 0 spiro atoms. The van der Waals surface area contributed by atoms with E-state index in [1.54, 1.807) is 17.2 Å². The van der Waals surface area contributed by atoms with Gasteiger partial charge in [0.1, 0.15) is 5.82 Å². The molecule has 1 aliphatic rings. The number of hydrogen-bond acceptors (Lipinski definition) is 3. The predicted molar refractivity (Wildman–Crippen MR) is 84.7 cm³/mol. The summed E-state index contributed by atoms with van der Waals surface area (Å²) in [6.45, 7) is 2.47. The van der Waals surface area contributed by atoms with Crippen molar-refractivity contribution < 1.29 is 4.39 Å². The molecule has 0 aliphatic carbocycles. The number of benzene rings is 1. The van der Waals surface area contributed by atoms with Crippen LogP contribution < -0.4 is 10.2 Å². The van der Waals surface area contributed by atoms with Crippen molar-refractivity contribution in [1.29, 1.82) is 0 Å². The highest BCUT2D eigenvalue weighted by atomic mass is 79.9. The van der Waals surface area contributed by atoms with Crippen LogP contribution in [0.2, 0.25) is 5.02 Å². The van der Waals surface area contributed by atoms with Crippen molar-refractivity contribution >= 4 is 33.2 Å². The molecule has 0 amide bonds. The van der Waals surface area contributed by atoms with E-state index in [2.05, 4.69) is 31.4 Å². The second-order valence-corrected chi connectivity index (χ2v) is 6.35. The first kappa shape index (κ1) is 14.6. The normalized spacial score (nSPS) is 21.8. The Kier molecular flexibility index (Phi) is 3.77. The van der Waals surface area contributed by atoms with Crippen LogP contribution in [0.1, 0.15) is 12.5 Å². The molecule has 110 valence electrons. The lowest BCUT2D eigenvalue weighted by molar-refractivity contribution is 0.439. The fourth-order valence-electron chi connectivity index (χ4n) is 2.30. The van der Waals surface area contributed by atoms with Crippen LogP contribution in [0.5, 0.6) is 0 Å². The number of halogens is 3. The zero-order valence-electron chi connectivity index (χ0n) is 11.2. The molecule has 1 aliphatic heterocycles. The number of aromatic amines is 1. The zero-order valence-corrected chi connectivity index (χ0v) is 13.5. The molecule has 2 N–H and O–H groups in total. The molecule has 1 aromatic carbocycles. The number of aromatic nitrogens is 2. The maximum Gasteiger partial charge on any atom is 0.149 e. The fraction of sp³-hybridized carbons (Fsp3) is 0.214. The first-order valence-corrected chi connectivity index (χ1v) is 7.51. The van der Waals surface area contributed by atoms with E-state index in [9.17, 15) is 4.39 Å². The van der Waals surface area contributed by atoms with Crippen LogP contribution >= 0.6 is 27.5 Å². The molecule has 0 unspecified atom stereocenters. The molecule has 4 nitrogen and oxygen atoms in total. The van der Waals surface area contributed by atoms with Gasteiger partial charge in [0.15, 0.2) is 0 Å². The van der Waals surface area contributed by atoms with Crippen LogP contribution in [0.4, 0.5) is 10.1 Å². The highest BCUT2D eigenvalue weighted by Crippen LogP contribution is 2.34. The van der Waals surface area contributed by atoms with Crippen molar-refractivity contribution in [3.63, 3.8) is 0 Å². The van der Waals surface area contributed by atoms with Crippen LogP contribution in [0.3, 0.4) is 0 Å². The molecule has 0 bridgehead atoms. The van der Waals surface area contributed by atoms with Gasteiger partial charge in [-0.25, -0.2) is 4.39 Å². The summed E-state index contributed by atoms with van der Waals surface area (Å²) in [7, 11) is 0. The average molecular weight is 372 g/mol. The minimum absolute atomic E-state index is 0.345. The Bertz CT molecular complexity index is 665. The zero-order chi connectivity index (χ0) is 15.0. The third-order valence-electron chi connectivity index (χ3n) is 3.57. The SMILES string of the molecule is C[C@@]1(c2cn[nH]c2)C=CN(c2c(F)cc(Br)cc2Cl)CN1. The van der Waals surface area contributed by atoms with Crippen LogP contribution in [0, 0.1) is 5.82 Å². The Morgan fingerprint density at radius 1 is 1.48 bits per heavy atom. The van der Waals surface area contributed by atoms with Gasteiger partial charge in [0.05, 0.1) is 29.1 Å². The van der Waals surface area contributed by atoms with Gasteiger partial charge in [-0.05, 0) is 25.1 Å². The number of nitrogens with one attached hydrogen (secondary N) is 2. The molecule has 0 radical (unpaired) electrons. The van der Waals surface area contributed by atoms with Gasteiger partial charge in [-0.1, -0.05) is 27.5 Å². The van der Waals surface area contributed by atoms with Gasteiger partial charge in [-0.15, -0.1) is 0 Å². The van der Waals surface area contributed by atoms with Gasteiger partial charge >= 0.3 is 0 Å². The standard InChI is InChI=1S/C14H13BrClFN4/c1-14(9-6-19-20-7-9)2-3-21(8-18-14)13-11(16)4-10(15)5-12(13)17/h2-7,18H,8H2,1H3,(H,19,20)/t14-/m0/s1. The van der Waals surface area contributed by atoms with Crippen LogP contribution in [-0.4, -0.2) is 16.9 Å². The average Bonchev–Trinajstić information content (AvgIpc) is 2.94. The third kappa shape index (κ3) is 2.71. The summed E-state index contributed by atoms with van der Waals surface area (Å²) in [5.74, 6) is -0.368. The largest absolute Gasteiger partial charge is 0.331 e. The number of anilines is 1. The van der Waals surface area contributed by atoms with Crippen LogP contribution in [0.15, 0.2) is 41.3 Å². The highest BCUT2D eigenvalue weighted by Gasteiger charge is 2.29. The highest BCUT2D eigenvalue weighted by molar-refractivity contribution is 9.10. The summed E-state index contributed by atoms with van der Waals surface area (Å²) in [6, 6.07) is 3.08. The minimum atomic E-state index is -0.368. The molecular formula is C14H13BrClFN4. The summed E-state index contributed by atoms with van der Waals surface area (Å²) in [5, 5.41) is 10.5. The van der Waals surface area contributed by atoms with E-state index in [0.717, 1.165) is 5.56 Å². The van der Waals surface area contributed by atoms with Crippen molar-refractivity contribution in [3.05, 3.63) is 57.7 Å². The van der Waals surface area contributed by atoms with Crippen molar-refractivity contribution in [2.45, 2.75) is 12.5 Å². The van der Waals surface area contributed by atoms with E-state index in [0.29, 0.717) is 21.9 Å². The topological polar surface area (TPSA) is 44.0 Å².